The van der Waals surface area contributed by atoms with E-state index in [4.69, 9.17) is 0 Å². The van der Waals surface area contributed by atoms with Crippen LogP contribution in [0.1, 0.15) is 59.8 Å². The summed E-state index contributed by atoms with van der Waals surface area (Å²) < 4.78 is 0. The average Bonchev–Trinajstić information content (AvgIpc) is 2.16. The molecule has 0 radical (unpaired) electrons. The maximum absolute atomic E-state index is 2.37. The van der Waals surface area contributed by atoms with E-state index in [1.54, 1.807) is 24.2 Å². The lowest BCUT2D eigenvalue weighted by molar-refractivity contribution is 0.822. The van der Waals surface area contributed by atoms with Crippen LogP contribution >= 0.6 is 0 Å². The lowest BCUT2D eigenvalue weighted by Gasteiger charge is -2.31. The van der Waals surface area contributed by atoms with E-state index in [1.165, 1.54) is 32.1 Å². The van der Waals surface area contributed by atoms with Crippen molar-refractivity contribution in [2.45, 2.75) is 84.0 Å². The molecule has 0 bridgehead atoms. The van der Waals surface area contributed by atoms with Gasteiger partial charge in [-0.3, -0.25) is 0 Å². The van der Waals surface area contributed by atoms with E-state index in [9.17, 15) is 0 Å². The zero-order valence-corrected chi connectivity index (χ0v) is 12.4. The van der Waals surface area contributed by atoms with E-state index in [0.717, 1.165) is 0 Å². The van der Waals surface area contributed by atoms with E-state index in [0.29, 0.717) is 0 Å². The molecule has 15 heavy (non-hydrogen) atoms. The fraction of sp³-hybridized carbons (Fsp3) is 1.00. The third-order valence-electron chi connectivity index (χ3n) is 3.40. The third kappa shape index (κ3) is 7.12. The van der Waals surface area contributed by atoms with Gasteiger partial charge in [0, 0.05) is 0 Å². The SMILES string of the molecule is CCCC[Si](CCC)(CCC)CCC.O. The van der Waals surface area contributed by atoms with Crippen LogP contribution in [-0.4, -0.2) is 13.6 Å². The summed E-state index contributed by atoms with van der Waals surface area (Å²) in [6.07, 6.45) is 7.17. The van der Waals surface area contributed by atoms with Crippen LogP contribution in [-0.2, 0) is 0 Å². The summed E-state index contributed by atoms with van der Waals surface area (Å²) in [5.74, 6) is 0. The molecule has 0 amide bonds. The molecular weight excluding hydrogens is 200 g/mol. The van der Waals surface area contributed by atoms with Crippen LogP contribution in [0.25, 0.3) is 0 Å². The molecule has 0 atom stereocenters. The molecule has 0 saturated carbocycles. The van der Waals surface area contributed by atoms with Gasteiger partial charge in [0.15, 0.2) is 0 Å². The van der Waals surface area contributed by atoms with Gasteiger partial charge in [-0.25, -0.2) is 0 Å². The maximum atomic E-state index is 2.37. The molecule has 0 aromatic rings. The van der Waals surface area contributed by atoms with Crippen LogP contribution in [0.5, 0.6) is 0 Å². The molecule has 0 rings (SSSR count). The van der Waals surface area contributed by atoms with Crippen molar-refractivity contribution >= 4 is 8.07 Å². The summed E-state index contributed by atoms with van der Waals surface area (Å²) in [4.78, 5) is 0. The highest BCUT2D eigenvalue weighted by atomic mass is 28.3. The lowest BCUT2D eigenvalue weighted by atomic mass is 10.4. The van der Waals surface area contributed by atoms with Crippen molar-refractivity contribution in [2.75, 3.05) is 0 Å². The van der Waals surface area contributed by atoms with Gasteiger partial charge in [-0.15, -0.1) is 0 Å². The van der Waals surface area contributed by atoms with E-state index >= 15 is 0 Å². The first-order valence-electron chi connectivity index (χ1n) is 6.74. The Balaban J connectivity index is 0. The fourth-order valence-corrected chi connectivity index (χ4v) is 8.68. The standard InChI is InChI=1S/C13H30Si.H2O/c1-5-9-13-14(10-6-2,11-7-3)12-8-4;/h5-13H2,1-4H3;1H2. The van der Waals surface area contributed by atoms with Crippen molar-refractivity contribution in [1.29, 1.82) is 0 Å². The lowest BCUT2D eigenvalue weighted by Crippen LogP contribution is -2.33. The minimum atomic E-state index is -0.816. The first-order chi connectivity index (χ1) is 6.74. The first-order valence-corrected chi connectivity index (χ1v) is 9.57. The minimum Gasteiger partial charge on any atom is -0.412 e. The summed E-state index contributed by atoms with van der Waals surface area (Å²) in [6, 6.07) is 6.39. The second-order valence-electron chi connectivity index (χ2n) is 4.85. The summed E-state index contributed by atoms with van der Waals surface area (Å²) in [5.41, 5.74) is 0. The number of rotatable bonds is 9. The van der Waals surface area contributed by atoms with Crippen LogP contribution < -0.4 is 0 Å². The molecule has 0 aromatic carbocycles. The highest BCUT2D eigenvalue weighted by Crippen LogP contribution is 2.31. The van der Waals surface area contributed by atoms with Gasteiger partial charge in [-0.2, -0.15) is 0 Å². The molecule has 0 spiro atoms. The summed E-state index contributed by atoms with van der Waals surface area (Å²) in [5, 5.41) is 0. The van der Waals surface area contributed by atoms with E-state index in [-0.39, 0.29) is 5.48 Å². The second kappa shape index (κ2) is 10.7. The molecule has 0 aliphatic carbocycles. The highest BCUT2D eigenvalue weighted by molar-refractivity contribution is 6.79. The van der Waals surface area contributed by atoms with Gasteiger partial charge in [0.2, 0.25) is 0 Å². The molecule has 0 fully saturated rings. The Labute approximate surface area is 98.0 Å². The molecule has 2 N–H and O–H groups in total. The monoisotopic (exact) mass is 232 g/mol. The molecule has 0 saturated heterocycles. The van der Waals surface area contributed by atoms with Crippen LogP contribution in [0.4, 0.5) is 0 Å². The predicted molar refractivity (Wildman–Crippen MR) is 74.4 cm³/mol. The van der Waals surface area contributed by atoms with Crippen LogP contribution in [0.3, 0.4) is 0 Å². The molecule has 0 heterocycles. The van der Waals surface area contributed by atoms with Crippen molar-refractivity contribution in [3.05, 3.63) is 0 Å². The van der Waals surface area contributed by atoms with Gasteiger partial charge >= 0.3 is 0 Å². The smallest absolute Gasteiger partial charge is 0.0535 e. The Morgan fingerprint density at radius 2 is 1.00 bits per heavy atom. The first kappa shape index (κ1) is 17.6. The van der Waals surface area contributed by atoms with Gasteiger partial charge in [-0.05, 0) is 0 Å². The highest BCUT2D eigenvalue weighted by Gasteiger charge is 2.28. The number of hydrogen-bond acceptors (Lipinski definition) is 0. The molecule has 0 aliphatic heterocycles. The summed E-state index contributed by atoms with van der Waals surface area (Å²) in [7, 11) is -0.816. The van der Waals surface area contributed by atoms with Crippen molar-refractivity contribution in [3.63, 3.8) is 0 Å². The normalized spacial score (nSPS) is 11.2. The third-order valence-corrected chi connectivity index (χ3v) is 9.50. The van der Waals surface area contributed by atoms with Gasteiger partial charge < -0.3 is 5.48 Å². The Morgan fingerprint density at radius 1 is 0.600 bits per heavy atom. The minimum absolute atomic E-state index is 0. The Hall–Kier alpha value is 0.177. The van der Waals surface area contributed by atoms with Crippen molar-refractivity contribution in [3.8, 4) is 0 Å². The van der Waals surface area contributed by atoms with E-state index in [1.807, 2.05) is 0 Å². The van der Waals surface area contributed by atoms with Crippen LogP contribution in [0.2, 0.25) is 24.2 Å². The van der Waals surface area contributed by atoms with E-state index < -0.39 is 8.07 Å². The topological polar surface area (TPSA) is 31.5 Å². The van der Waals surface area contributed by atoms with Crippen molar-refractivity contribution in [2.24, 2.45) is 0 Å². The van der Waals surface area contributed by atoms with Gasteiger partial charge in [0.1, 0.15) is 0 Å². The molecule has 94 valence electrons. The Morgan fingerprint density at radius 3 is 1.27 bits per heavy atom. The molecule has 2 heteroatoms. The molecular formula is C13H32OSi. The number of hydrogen-bond donors (Lipinski definition) is 0. The molecule has 0 unspecified atom stereocenters. The zero-order chi connectivity index (χ0) is 10.9. The van der Waals surface area contributed by atoms with Crippen LogP contribution in [0.15, 0.2) is 0 Å². The van der Waals surface area contributed by atoms with E-state index in [2.05, 4.69) is 27.7 Å². The fourth-order valence-electron chi connectivity index (χ4n) is 2.89. The molecule has 1 nitrogen and oxygen atoms in total. The zero-order valence-electron chi connectivity index (χ0n) is 11.4. The summed E-state index contributed by atoms with van der Waals surface area (Å²) in [6.45, 7) is 9.46. The van der Waals surface area contributed by atoms with Gasteiger partial charge in [0.25, 0.3) is 0 Å². The Bertz CT molecular complexity index is 109. The predicted octanol–water partition coefficient (Wildman–Crippen LogP) is 4.64. The Kier molecular flexibility index (Phi) is 12.5. The van der Waals surface area contributed by atoms with Crippen molar-refractivity contribution in [1.82, 2.24) is 0 Å². The number of unbranched alkanes of at least 4 members (excludes halogenated alkanes) is 1. The average molecular weight is 232 g/mol. The maximum Gasteiger partial charge on any atom is 0.0535 e. The molecule has 0 aliphatic rings. The van der Waals surface area contributed by atoms with Gasteiger partial charge in [0.05, 0.1) is 8.07 Å². The van der Waals surface area contributed by atoms with Gasteiger partial charge in [-0.1, -0.05) is 84.0 Å². The molecule has 0 aromatic heterocycles. The summed E-state index contributed by atoms with van der Waals surface area (Å²) >= 11 is 0. The quantitative estimate of drug-likeness (QED) is 0.519. The largest absolute Gasteiger partial charge is 0.412 e. The second-order valence-corrected chi connectivity index (χ2v) is 9.85. The van der Waals surface area contributed by atoms with Crippen LogP contribution in [0, 0.1) is 0 Å². The van der Waals surface area contributed by atoms with Crippen molar-refractivity contribution < 1.29 is 5.48 Å².